The first-order valence-corrected chi connectivity index (χ1v) is 9.77. The van der Waals surface area contributed by atoms with E-state index in [0.717, 1.165) is 0 Å². The quantitative estimate of drug-likeness (QED) is 0.320. The van der Waals surface area contributed by atoms with Crippen LogP contribution in [0, 0.1) is 17.0 Å². The highest BCUT2D eigenvalue weighted by Gasteiger charge is 2.22. The van der Waals surface area contributed by atoms with E-state index in [9.17, 15) is 19.7 Å². The van der Waals surface area contributed by atoms with Gasteiger partial charge in [-0.25, -0.2) is 14.5 Å². The lowest BCUT2D eigenvalue weighted by atomic mass is 9.99. The molecular weight excluding hydrogens is 436 g/mol. The number of aromatic amines is 2. The normalized spacial score (nSPS) is 11.3. The minimum absolute atomic E-state index is 0.0574. The van der Waals surface area contributed by atoms with Crippen molar-refractivity contribution in [3.8, 4) is 16.8 Å². The Morgan fingerprint density at radius 2 is 1.69 bits per heavy atom. The van der Waals surface area contributed by atoms with Crippen molar-refractivity contribution in [3.63, 3.8) is 0 Å². The van der Waals surface area contributed by atoms with Gasteiger partial charge in [-0.3, -0.25) is 24.9 Å². The molecule has 11 heteroatoms. The summed E-state index contributed by atoms with van der Waals surface area (Å²) in [5.74, 6) is 0. The summed E-state index contributed by atoms with van der Waals surface area (Å²) >= 11 is 6.05. The average Bonchev–Trinajstić information content (AvgIpc) is 3.09. The highest BCUT2D eigenvalue weighted by Crippen LogP contribution is 2.35. The van der Waals surface area contributed by atoms with Crippen molar-refractivity contribution < 1.29 is 4.92 Å². The van der Waals surface area contributed by atoms with Crippen molar-refractivity contribution in [2.45, 2.75) is 6.92 Å². The predicted molar refractivity (Wildman–Crippen MR) is 119 cm³/mol. The molecule has 0 atom stereocenters. The second-order valence-corrected chi connectivity index (χ2v) is 7.53. The minimum atomic E-state index is -0.686. The summed E-state index contributed by atoms with van der Waals surface area (Å²) in [5, 5.41) is 16.9. The third-order valence-electron chi connectivity index (χ3n) is 5.11. The summed E-state index contributed by atoms with van der Waals surface area (Å²) in [6.07, 6.45) is 0. The number of aryl methyl sites for hydroxylation is 1. The molecule has 32 heavy (non-hydrogen) atoms. The third-order valence-corrected chi connectivity index (χ3v) is 5.37. The van der Waals surface area contributed by atoms with Crippen LogP contribution in [0.25, 0.3) is 38.9 Å². The smallest absolute Gasteiger partial charge is 0.291 e. The van der Waals surface area contributed by atoms with Crippen LogP contribution in [0.1, 0.15) is 5.69 Å². The van der Waals surface area contributed by atoms with E-state index in [0.29, 0.717) is 38.6 Å². The summed E-state index contributed by atoms with van der Waals surface area (Å²) in [7, 11) is 0. The first kappa shape index (κ1) is 19.6. The number of hydrogen-bond donors (Lipinski definition) is 2. The van der Waals surface area contributed by atoms with E-state index in [1.807, 2.05) is 0 Å². The van der Waals surface area contributed by atoms with Crippen LogP contribution in [-0.4, -0.2) is 29.7 Å². The van der Waals surface area contributed by atoms with Crippen molar-refractivity contribution in [2.75, 3.05) is 0 Å². The Hall–Kier alpha value is -4.31. The maximum atomic E-state index is 12.8. The molecule has 2 aromatic carbocycles. The highest BCUT2D eigenvalue weighted by atomic mass is 35.5. The molecule has 0 radical (unpaired) electrons. The number of nitrogens with one attached hydrogen (secondary N) is 2. The number of nitrogens with zero attached hydrogens (tertiary/aromatic N) is 4. The SMILES string of the molecule is Cc1nn(-c2ccc([N+](=O)[O-])cc2)c2nc3[nH]c(=O)[nH]c(=O)c3c(-c3ccc(Cl)cc3)c12. The molecule has 0 aliphatic carbocycles. The summed E-state index contributed by atoms with van der Waals surface area (Å²) in [4.78, 5) is 44.6. The van der Waals surface area contributed by atoms with Crippen LogP contribution in [0.3, 0.4) is 0 Å². The number of pyridine rings is 1. The van der Waals surface area contributed by atoms with Crippen molar-refractivity contribution in [3.05, 3.63) is 90.2 Å². The first-order chi connectivity index (χ1) is 15.3. The van der Waals surface area contributed by atoms with Crippen LogP contribution >= 0.6 is 11.6 Å². The van der Waals surface area contributed by atoms with Gasteiger partial charge in [-0.15, -0.1) is 0 Å². The molecule has 0 saturated carbocycles. The highest BCUT2D eigenvalue weighted by molar-refractivity contribution is 6.30. The number of rotatable bonds is 3. The molecule has 5 rings (SSSR count). The lowest BCUT2D eigenvalue weighted by Crippen LogP contribution is -2.23. The number of halogens is 1. The second kappa shape index (κ2) is 7.13. The fraction of sp³-hybridized carbons (Fsp3) is 0.0476. The predicted octanol–water partition coefficient (Wildman–Crippen LogP) is 3.49. The number of benzene rings is 2. The van der Waals surface area contributed by atoms with Crippen LogP contribution in [-0.2, 0) is 0 Å². The first-order valence-electron chi connectivity index (χ1n) is 9.40. The molecule has 0 bridgehead atoms. The van der Waals surface area contributed by atoms with Gasteiger partial charge in [0.1, 0.15) is 5.65 Å². The number of nitro benzene ring substituents is 1. The van der Waals surface area contributed by atoms with Crippen LogP contribution < -0.4 is 11.2 Å². The van der Waals surface area contributed by atoms with Crippen molar-refractivity contribution in [2.24, 2.45) is 0 Å². The number of aromatic nitrogens is 5. The maximum Gasteiger partial charge on any atom is 0.327 e. The average molecular weight is 449 g/mol. The van der Waals surface area contributed by atoms with Crippen molar-refractivity contribution in [1.82, 2.24) is 24.7 Å². The van der Waals surface area contributed by atoms with Crippen LogP contribution in [0.5, 0.6) is 0 Å². The minimum Gasteiger partial charge on any atom is -0.291 e. The topological polar surface area (TPSA) is 140 Å². The molecule has 158 valence electrons. The fourth-order valence-electron chi connectivity index (χ4n) is 3.73. The Kier molecular flexibility index (Phi) is 4.38. The molecule has 3 aromatic heterocycles. The summed E-state index contributed by atoms with van der Waals surface area (Å²) in [5.41, 5.74) is 1.52. The Balaban J connectivity index is 1.91. The van der Waals surface area contributed by atoms with Gasteiger partial charge in [-0.05, 0) is 36.8 Å². The zero-order valence-electron chi connectivity index (χ0n) is 16.4. The fourth-order valence-corrected chi connectivity index (χ4v) is 3.86. The monoisotopic (exact) mass is 448 g/mol. The van der Waals surface area contributed by atoms with Gasteiger partial charge in [-0.2, -0.15) is 5.10 Å². The second-order valence-electron chi connectivity index (χ2n) is 7.09. The molecule has 0 spiro atoms. The molecular formula is C21H13ClN6O4. The maximum absolute atomic E-state index is 12.8. The van der Waals surface area contributed by atoms with Gasteiger partial charge in [-0.1, -0.05) is 23.7 Å². The van der Waals surface area contributed by atoms with E-state index >= 15 is 0 Å². The van der Waals surface area contributed by atoms with Gasteiger partial charge in [0.25, 0.3) is 11.2 Å². The van der Waals surface area contributed by atoms with Crippen LogP contribution in [0.2, 0.25) is 5.02 Å². The number of non-ortho nitro benzene ring substituents is 1. The molecule has 0 fully saturated rings. The summed E-state index contributed by atoms with van der Waals surface area (Å²) in [6.45, 7) is 1.77. The molecule has 0 aliphatic rings. The van der Waals surface area contributed by atoms with Crippen molar-refractivity contribution >= 4 is 39.4 Å². The molecule has 0 unspecified atom stereocenters. The largest absolute Gasteiger partial charge is 0.327 e. The molecule has 5 aromatic rings. The van der Waals surface area contributed by atoms with E-state index < -0.39 is 16.2 Å². The lowest BCUT2D eigenvalue weighted by Gasteiger charge is -2.09. The summed E-state index contributed by atoms with van der Waals surface area (Å²) in [6, 6.07) is 12.8. The number of nitro groups is 1. The summed E-state index contributed by atoms with van der Waals surface area (Å²) < 4.78 is 1.52. The van der Waals surface area contributed by atoms with Gasteiger partial charge in [0.2, 0.25) is 0 Å². The number of hydrogen-bond acceptors (Lipinski definition) is 6. The molecule has 2 N–H and O–H groups in total. The standard InChI is InChI=1S/C21H13ClN6O4/c1-10-15-16(11-2-4-12(22)5-3-11)17-18(24-21(30)25-20(17)29)23-19(15)27(26-10)13-6-8-14(9-7-13)28(31)32/h2-9H,1H3,(H2,23,24,25,29,30). The van der Waals surface area contributed by atoms with Crippen molar-refractivity contribution in [1.29, 1.82) is 0 Å². The molecule has 3 heterocycles. The van der Waals surface area contributed by atoms with Gasteiger partial charge in [0.15, 0.2) is 5.65 Å². The zero-order chi connectivity index (χ0) is 22.6. The molecule has 0 amide bonds. The Morgan fingerprint density at radius 1 is 1.00 bits per heavy atom. The zero-order valence-corrected chi connectivity index (χ0v) is 17.2. The Labute approximate surface area is 183 Å². The molecule has 0 aliphatic heterocycles. The third kappa shape index (κ3) is 3.05. The van der Waals surface area contributed by atoms with E-state index in [1.54, 1.807) is 43.3 Å². The van der Waals surface area contributed by atoms with Gasteiger partial charge >= 0.3 is 5.69 Å². The molecule has 0 saturated heterocycles. The Bertz CT molecular complexity index is 1650. The van der Waals surface area contributed by atoms with E-state index in [4.69, 9.17) is 11.6 Å². The van der Waals surface area contributed by atoms with Crippen LogP contribution in [0.15, 0.2) is 58.1 Å². The van der Waals surface area contributed by atoms with E-state index in [1.165, 1.54) is 16.8 Å². The lowest BCUT2D eigenvalue weighted by molar-refractivity contribution is -0.384. The Morgan fingerprint density at radius 3 is 2.34 bits per heavy atom. The van der Waals surface area contributed by atoms with Gasteiger partial charge in [0, 0.05) is 22.7 Å². The molecule has 10 nitrogen and oxygen atoms in total. The number of fused-ring (bicyclic) bond motifs is 2. The van der Waals surface area contributed by atoms with Crippen LogP contribution in [0.4, 0.5) is 5.69 Å². The van der Waals surface area contributed by atoms with Gasteiger partial charge < -0.3 is 0 Å². The number of H-pyrrole nitrogens is 2. The van der Waals surface area contributed by atoms with E-state index in [2.05, 4.69) is 20.1 Å². The van der Waals surface area contributed by atoms with E-state index in [-0.39, 0.29) is 16.7 Å². The van der Waals surface area contributed by atoms with Gasteiger partial charge in [0.05, 0.1) is 27.1 Å².